The Hall–Kier alpha value is -2.38. The van der Waals surface area contributed by atoms with Crippen LogP contribution in [0.1, 0.15) is 39.5 Å². The average molecular weight is 337 g/mol. The molecule has 132 valence electrons. The maximum absolute atomic E-state index is 11.8. The van der Waals surface area contributed by atoms with Crippen molar-refractivity contribution in [3.8, 4) is 0 Å². The second-order valence-corrected chi connectivity index (χ2v) is 5.94. The summed E-state index contributed by atoms with van der Waals surface area (Å²) in [4.78, 5) is 49.8. The Bertz CT molecular complexity index is 512. The number of hydrogen-bond acceptors (Lipinski definition) is 5. The first-order valence-electron chi connectivity index (χ1n) is 8.16. The summed E-state index contributed by atoms with van der Waals surface area (Å²) >= 11 is 0. The van der Waals surface area contributed by atoms with Gasteiger partial charge in [0.1, 0.15) is 6.17 Å². The summed E-state index contributed by atoms with van der Waals surface area (Å²) in [5.74, 6) is -1.21. The molecule has 24 heavy (non-hydrogen) atoms. The summed E-state index contributed by atoms with van der Waals surface area (Å²) in [5.41, 5.74) is 0. The molecule has 0 saturated carbocycles. The SMILES string of the molecule is CC(NC(=O)/C=C\C(=O)OC(C)N1CCCC1=O)N1CCCC1=O. The van der Waals surface area contributed by atoms with Crippen LogP contribution in [0, 0.1) is 0 Å². The highest BCUT2D eigenvalue weighted by atomic mass is 16.6. The number of esters is 1. The molecule has 0 aliphatic carbocycles. The van der Waals surface area contributed by atoms with Crippen molar-refractivity contribution in [3.05, 3.63) is 12.2 Å². The van der Waals surface area contributed by atoms with Gasteiger partial charge in [-0.15, -0.1) is 0 Å². The second kappa shape index (κ2) is 7.94. The Morgan fingerprint density at radius 1 is 1.04 bits per heavy atom. The van der Waals surface area contributed by atoms with Crippen molar-refractivity contribution in [1.82, 2.24) is 15.1 Å². The Balaban J connectivity index is 1.77. The predicted molar refractivity (Wildman–Crippen MR) is 84.2 cm³/mol. The molecule has 2 aliphatic rings. The van der Waals surface area contributed by atoms with Crippen LogP contribution < -0.4 is 5.32 Å². The van der Waals surface area contributed by atoms with E-state index in [-0.39, 0.29) is 11.8 Å². The molecule has 0 radical (unpaired) electrons. The third-order valence-electron chi connectivity index (χ3n) is 4.14. The van der Waals surface area contributed by atoms with Gasteiger partial charge in [0.2, 0.25) is 17.7 Å². The van der Waals surface area contributed by atoms with Crippen LogP contribution in [0.5, 0.6) is 0 Å². The first-order chi connectivity index (χ1) is 11.4. The summed E-state index contributed by atoms with van der Waals surface area (Å²) in [5, 5.41) is 2.63. The monoisotopic (exact) mass is 337 g/mol. The van der Waals surface area contributed by atoms with E-state index in [1.807, 2.05) is 0 Å². The van der Waals surface area contributed by atoms with E-state index in [4.69, 9.17) is 4.74 Å². The lowest BCUT2D eigenvalue weighted by Crippen LogP contribution is -2.46. The van der Waals surface area contributed by atoms with E-state index < -0.39 is 24.3 Å². The highest BCUT2D eigenvalue weighted by Crippen LogP contribution is 2.14. The Labute approximate surface area is 140 Å². The van der Waals surface area contributed by atoms with Crippen molar-refractivity contribution in [3.63, 3.8) is 0 Å². The number of nitrogens with zero attached hydrogens (tertiary/aromatic N) is 2. The van der Waals surface area contributed by atoms with Gasteiger partial charge in [0.05, 0.1) is 0 Å². The summed E-state index contributed by atoms with van der Waals surface area (Å²) in [6.45, 7) is 4.52. The quantitative estimate of drug-likeness (QED) is 0.549. The molecule has 0 aromatic rings. The third kappa shape index (κ3) is 4.56. The lowest BCUT2D eigenvalue weighted by Gasteiger charge is -2.24. The normalized spacial score (nSPS) is 20.6. The molecule has 0 bridgehead atoms. The number of ether oxygens (including phenoxy) is 1. The van der Waals surface area contributed by atoms with Gasteiger partial charge >= 0.3 is 5.97 Å². The van der Waals surface area contributed by atoms with Crippen LogP contribution in [-0.4, -0.2) is 59.0 Å². The minimum atomic E-state index is -0.692. The van der Waals surface area contributed by atoms with Crippen LogP contribution in [0.25, 0.3) is 0 Å². The molecule has 8 heteroatoms. The number of amides is 3. The zero-order valence-electron chi connectivity index (χ0n) is 14.0. The molecule has 0 aromatic carbocycles. The largest absolute Gasteiger partial charge is 0.439 e. The van der Waals surface area contributed by atoms with Crippen molar-refractivity contribution in [2.24, 2.45) is 0 Å². The third-order valence-corrected chi connectivity index (χ3v) is 4.14. The minimum Gasteiger partial charge on any atom is -0.439 e. The lowest BCUT2D eigenvalue weighted by atomic mass is 10.4. The van der Waals surface area contributed by atoms with Gasteiger partial charge in [0, 0.05) is 38.1 Å². The van der Waals surface area contributed by atoms with Crippen molar-refractivity contribution >= 4 is 23.7 Å². The number of hydrogen-bond donors (Lipinski definition) is 1. The Morgan fingerprint density at radius 3 is 2.17 bits per heavy atom. The van der Waals surface area contributed by atoms with Gasteiger partial charge in [-0.1, -0.05) is 0 Å². The molecule has 8 nitrogen and oxygen atoms in total. The zero-order valence-corrected chi connectivity index (χ0v) is 14.0. The van der Waals surface area contributed by atoms with Crippen LogP contribution >= 0.6 is 0 Å². The number of rotatable bonds is 6. The van der Waals surface area contributed by atoms with Crippen molar-refractivity contribution in [2.45, 2.75) is 51.9 Å². The zero-order chi connectivity index (χ0) is 17.7. The highest BCUT2D eigenvalue weighted by Gasteiger charge is 2.27. The van der Waals surface area contributed by atoms with E-state index in [0.717, 1.165) is 25.0 Å². The molecule has 3 amide bonds. The van der Waals surface area contributed by atoms with Crippen molar-refractivity contribution < 1.29 is 23.9 Å². The van der Waals surface area contributed by atoms with Gasteiger partial charge in [0.25, 0.3) is 0 Å². The molecule has 2 unspecified atom stereocenters. The fourth-order valence-electron chi connectivity index (χ4n) is 2.88. The van der Waals surface area contributed by atoms with E-state index in [0.29, 0.717) is 25.9 Å². The smallest absolute Gasteiger partial charge is 0.332 e. The van der Waals surface area contributed by atoms with E-state index in [2.05, 4.69) is 5.32 Å². The van der Waals surface area contributed by atoms with E-state index in [1.165, 1.54) is 4.90 Å². The molecule has 2 fully saturated rings. The molecular weight excluding hydrogens is 314 g/mol. The van der Waals surface area contributed by atoms with Gasteiger partial charge < -0.3 is 19.9 Å². The van der Waals surface area contributed by atoms with Crippen LogP contribution in [0.3, 0.4) is 0 Å². The molecule has 2 rings (SSSR count). The molecule has 2 aliphatic heterocycles. The van der Waals surface area contributed by atoms with Crippen LogP contribution in [0.4, 0.5) is 0 Å². The molecule has 2 saturated heterocycles. The van der Waals surface area contributed by atoms with Gasteiger partial charge in [-0.2, -0.15) is 0 Å². The minimum absolute atomic E-state index is 0.00953. The number of carbonyl (C=O) groups is 4. The standard InChI is InChI=1S/C16H23N3O5/c1-11(18-9-3-5-14(18)21)17-13(20)7-8-16(23)24-12(2)19-10-4-6-15(19)22/h7-8,11-12H,3-6,9-10H2,1-2H3,(H,17,20)/b8-7-. The lowest BCUT2D eigenvalue weighted by molar-refractivity contribution is -0.156. The summed E-state index contributed by atoms with van der Waals surface area (Å²) < 4.78 is 5.11. The second-order valence-electron chi connectivity index (χ2n) is 5.94. The first-order valence-corrected chi connectivity index (χ1v) is 8.16. The fraction of sp³-hybridized carbons (Fsp3) is 0.625. The summed E-state index contributed by atoms with van der Waals surface area (Å²) in [6.07, 6.45) is 3.52. The Kier molecular flexibility index (Phi) is 5.94. The molecular formula is C16H23N3O5. The van der Waals surface area contributed by atoms with Crippen LogP contribution in [-0.2, 0) is 23.9 Å². The molecule has 0 aromatic heterocycles. The topological polar surface area (TPSA) is 96.0 Å². The van der Waals surface area contributed by atoms with Gasteiger partial charge in [0.15, 0.2) is 6.23 Å². The molecule has 2 heterocycles. The summed E-state index contributed by atoms with van der Waals surface area (Å²) in [6, 6.07) is 0. The maximum atomic E-state index is 11.8. The average Bonchev–Trinajstić information content (AvgIpc) is 3.13. The molecule has 0 spiro atoms. The van der Waals surface area contributed by atoms with Crippen LogP contribution in [0.15, 0.2) is 12.2 Å². The number of carbonyl (C=O) groups excluding carboxylic acids is 4. The number of nitrogens with one attached hydrogen (secondary N) is 1. The van der Waals surface area contributed by atoms with Gasteiger partial charge in [-0.05, 0) is 26.7 Å². The van der Waals surface area contributed by atoms with Crippen molar-refractivity contribution in [1.29, 1.82) is 0 Å². The first kappa shape index (κ1) is 18.0. The number of likely N-dealkylation sites (tertiary alicyclic amines) is 2. The molecule has 2 atom stereocenters. The summed E-state index contributed by atoms with van der Waals surface area (Å²) in [7, 11) is 0. The van der Waals surface area contributed by atoms with E-state index in [1.54, 1.807) is 18.7 Å². The predicted octanol–water partition coefficient (Wildman–Crippen LogP) is 0.139. The van der Waals surface area contributed by atoms with Gasteiger partial charge in [-0.3, -0.25) is 14.4 Å². The van der Waals surface area contributed by atoms with E-state index in [9.17, 15) is 19.2 Å². The Morgan fingerprint density at radius 2 is 1.62 bits per heavy atom. The maximum Gasteiger partial charge on any atom is 0.332 e. The van der Waals surface area contributed by atoms with E-state index >= 15 is 0 Å². The van der Waals surface area contributed by atoms with Gasteiger partial charge in [-0.25, -0.2) is 4.79 Å². The molecule has 1 N–H and O–H groups in total. The van der Waals surface area contributed by atoms with Crippen LogP contribution in [0.2, 0.25) is 0 Å². The fourth-order valence-corrected chi connectivity index (χ4v) is 2.88. The highest BCUT2D eigenvalue weighted by molar-refractivity contribution is 5.95. The van der Waals surface area contributed by atoms with Crippen molar-refractivity contribution in [2.75, 3.05) is 13.1 Å².